The largest absolute Gasteiger partial charge is 0.411 e. The molecule has 0 unspecified atom stereocenters. The normalized spacial score (nSPS) is 20.3. The van der Waals surface area contributed by atoms with E-state index in [1.54, 1.807) is 28.8 Å². The minimum atomic E-state index is -2.12. The van der Waals surface area contributed by atoms with Crippen molar-refractivity contribution < 1.29 is 18.8 Å². The fourth-order valence-corrected chi connectivity index (χ4v) is 5.92. The third-order valence-electron chi connectivity index (χ3n) is 6.89. The van der Waals surface area contributed by atoms with Crippen LogP contribution in [-0.4, -0.2) is 56.8 Å². The van der Waals surface area contributed by atoms with Crippen molar-refractivity contribution in [3.8, 4) is 0 Å². The molecule has 1 aromatic carbocycles. The van der Waals surface area contributed by atoms with E-state index in [9.17, 15) is 14.4 Å². The van der Waals surface area contributed by atoms with E-state index < -0.39 is 26.0 Å². The van der Waals surface area contributed by atoms with Crippen LogP contribution in [0.15, 0.2) is 41.5 Å². The van der Waals surface area contributed by atoms with Crippen LogP contribution < -0.4 is 10.9 Å². The molecule has 0 aliphatic carbocycles. The molecule has 3 heterocycles. The number of thioether (sulfide) groups is 1. The summed E-state index contributed by atoms with van der Waals surface area (Å²) in [6.45, 7) is 12.4. The van der Waals surface area contributed by atoms with Crippen LogP contribution in [0.3, 0.4) is 0 Å². The van der Waals surface area contributed by atoms with Crippen molar-refractivity contribution in [1.29, 1.82) is 0 Å². The van der Waals surface area contributed by atoms with Crippen molar-refractivity contribution in [3.05, 3.63) is 52.6 Å². The van der Waals surface area contributed by atoms with Crippen LogP contribution in [0.2, 0.25) is 18.1 Å². The number of amides is 1. The molecule has 1 saturated heterocycles. The van der Waals surface area contributed by atoms with E-state index in [-0.39, 0.29) is 33.8 Å². The molecular formula is C25H33N5O5SSi. The molecule has 2 aromatic heterocycles. The molecule has 2 N–H and O–H groups in total. The van der Waals surface area contributed by atoms with Gasteiger partial charge in [0.2, 0.25) is 5.95 Å². The fraction of sp³-hybridized carbons (Fsp3) is 0.480. The Balaban J connectivity index is 1.62. The van der Waals surface area contributed by atoms with Crippen molar-refractivity contribution in [2.24, 2.45) is 0 Å². The predicted octanol–water partition coefficient (Wildman–Crippen LogP) is 4.33. The van der Waals surface area contributed by atoms with Gasteiger partial charge < -0.3 is 9.16 Å². The number of ether oxygens (including phenoxy) is 1. The monoisotopic (exact) mass is 543 g/mol. The zero-order valence-electron chi connectivity index (χ0n) is 21.9. The Kier molecular flexibility index (Phi) is 7.74. The lowest BCUT2D eigenvalue weighted by atomic mass is 10.2. The molecule has 1 aliphatic heterocycles. The molecule has 1 fully saturated rings. The number of carbonyl (C=O) groups excluding carboxylic acids is 2. The van der Waals surface area contributed by atoms with E-state index in [1.807, 2.05) is 6.07 Å². The summed E-state index contributed by atoms with van der Waals surface area (Å²) >= 11 is 1.21. The van der Waals surface area contributed by atoms with Crippen LogP contribution in [0.5, 0.6) is 0 Å². The Morgan fingerprint density at radius 1 is 1.27 bits per heavy atom. The van der Waals surface area contributed by atoms with Gasteiger partial charge in [-0.25, -0.2) is 4.98 Å². The molecule has 0 saturated carbocycles. The quantitative estimate of drug-likeness (QED) is 0.422. The second-order valence-electron chi connectivity index (χ2n) is 10.6. The molecule has 3 atom stereocenters. The van der Waals surface area contributed by atoms with E-state index in [0.717, 1.165) is 0 Å². The number of hydrogen-bond donors (Lipinski definition) is 2. The van der Waals surface area contributed by atoms with Crippen LogP contribution >= 0.6 is 11.8 Å². The van der Waals surface area contributed by atoms with E-state index >= 15 is 0 Å². The molecule has 0 spiro atoms. The predicted molar refractivity (Wildman–Crippen MR) is 146 cm³/mol. The summed E-state index contributed by atoms with van der Waals surface area (Å²) in [7, 11) is -2.12. The van der Waals surface area contributed by atoms with Crippen molar-refractivity contribution in [3.63, 3.8) is 0 Å². The smallest absolute Gasteiger partial charge is 0.280 e. The van der Waals surface area contributed by atoms with E-state index in [1.165, 1.54) is 25.0 Å². The molecule has 3 aromatic rings. The molecule has 0 radical (unpaired) electrons. The molecule has 1 amide bonds. The average molecular weight is 544 g/mol. The van der Waals surface area contributed by atoms with Crippen LogP contribution in [0.25, 0.3) is 11.2 Å². The van der Waals surface area contributed by atoms with Gasteiger partial charge in [-0.15, -0.1) is 0 Å². The lowest BCUT2D eigenvalue weighted by molar-refractivity contribution is -0.109. The number of carbonyl (C=O) groups is 2. The number of aromatic amines is 1. The fourth-order valence-electron chi connectivity index (χ4n) is 3.87. The van der Waals surface area contributed by atoms with Gasteiger partial charge in [0.25, 0.3) is 11.5 Å². The second-order valence-corrected chi connectivity index (χ2v) is 16.6. The van der Waals surface area contributed by atoms with Crippen LogP contribution in [0.1, 0.15) is 50.7 Å². The van der Waals surface area contributed by atoms with Crippen LogP contribution in [0.4, 0.5) is 5.95 Å². The first-order valence-electron chi connectivity index (χ1n) is 12.2. The number of rotatable bonds is 7. The Morgan fingerprint density at radius 2 is 1.97 bits per heavy atom. The molecule has 198 valence electrons. The SMILES string of the molecule is CC(=O)SC[C@H]1O[C@@H](n2cnc3c(=O)[nH]c(NC(=O)c4ccccc4)nc32)C[C@@H]1O[Si](C)(C)C(C)(C)C. The maximum absolute atomic E-state index is 12.7. The molecule has 37 heavy (non-hydrogen) atoms. The van der Waals surface area contributed by atoms with E-state index in [2.05, 4.69) is 54.1 Å². The zero-order chi connectivity index (χ0) is 27.0. The summed E-state index contributed by atoms with van der Waals surface area (Å²) in [5.74, 6) is 0.0868. The summed E-state index contributed by atoms with van der Waals surface area (Å²) in [4.78, 5) is 48.3. The van der Waals surface area contributed by atoms with Crippen molar-refractivity contribution in [2.45, 2.75) is 70.7 Å². The first-order chi connectivity index (χ1) is 17.4. The molecule has 1 aliphatic rings. The number of hydrogen-bond acceptors (Lipinski definition) is 8. The van der Waals surface area contributed by atoms with Crippen molar-refractivity contribution in [2.75, 3.05) is 11.1 Å². The summed E-state index contributed by atoms with van der Waals surface area (Å²) in [6.07, 6.45) is 0.995. The number of anilines is 1. The number of H-pyrrole nitrogens is 1. The highest BCUT2D eigenvalue weighted by Crippen LogP contribution is 2.42. The maximum Gasteiger partial charge on any atom is 0.280 e. The van der Waals surface area contributed by atoms with Crippen LogP contribution in [-0.2, 0) is 14.0 Å². The highest BCUT2D eigenvalue weighted by Gasteiger charge is 2.45. The Hall–Kier alpha value is -2.80. The number of benzene rings is 1. The Morgan fingerprint density at radius 3 is 2.62 bits per heavy atom. The minimum Gasteiger partial charge on any atom is -0.411 e. The molecule has 4 rings (SSSR count). The number of aromatic nitrogens is 4. The Bertz CT molecular complexity index is 1350. The van der Waals surface area contributed by atoms with Gasteiger partial charge in [0.15, 0.2) is 24.6 Å². The Labute approximate surface area is 220 Å². The van der Waals surface area contributed by atoms with E-state index in [0.29, 0.717) is 23.4 Å². The van der Waals surface area contributed by atoms with Crippen molar-refractivity contribution >= 4 is 48.2 Å². The van der Waals surface area contributed by atoms with E-state index in [4.69, 9.17) is 9.16 Å². The van der Waals surface area contributed by atoms with Gasteiger partial charge >= 0.3 is 0 Å². The number of nitrogens with zero attached hydrogens (tertiary/aromatic N) is 3. The molecule has 12 heteroatoms. The number of fused-ring (bicyclic) bond motifs is 1. The summed E-state index contributed by atoms with van der Waals surface area (Å²) < 4.78 is 14.8. The van der Waals surface area contributed by atoms with Gasteiger partial charge in [0.1, 0.15) is 6.23 Å². The number of nitrogens with one attached hydrogen (secondary N) is 2. The third-order valence-corrected chi connectivity index (χ3v) is 12.3. The van der Waals surface area contributed by atoms with Crippen LogP contribution in [0, 0.1) is 0 Å². The lowest BCUT2D eigenvalue weighted by Crippen LogP contribution is -2.46. The lowest BCUT2D eigenvalue weighted by Gasteiger charge is -2.39. The average Bonchev–Trinajstić information content (AvgIpc) is 3.41. The maximum atomic E-state index is 12.7. The van der Waals surface area contributed by atoms with Gasteiger partial charge in [0, 0.05) is 24.7 Å². The first-order valence-corrected chi connectivity index (χ1v) is 16.0. The topological polar surface area (TPSA) is 128 Å². The van der Waals surface area contributed by atoms with Gasteiger partial charge in [-0.1, -0.05) is 50.7 Å². The molecule has 10 nitrogen and oxygen atoms in total. The zero-order valence-corrected chi connectivity index (χ0v) is 23.7. The number of imidazole rings is 1. The highest BCUT2D eigenvalue weighted by molar-refractivity contribution is 8.13. The molecular weight excluding hydrogens is 510 g/mol. The standard InChI is InChI=1S/C25H33N5O5SSi/c1-15(31)36-13-18-17(35-37(5,6)25(2,3)4)12-19(34-18)30-14-26-20-21(30)27-24(29-23(20)33)28-22(32)16-10-8-7-9-11-16/h7-11,14,17-19H,12-13H2,1-6H3,(H2,27,28,29,32,33)/t17-,18+,19+/m0/s1. The summed E-state index contributed by atoms with van der Waals surface area (Å²) in [5, 5.41) is 2.67. The highest BCUT2D eigenvalue weighted by atomic mass is 32.2. The summed E-state index contributed by atoms with van der Waals surface area (Å²) in [5.41, 5.74) is 0.407. The molecule has 0 bridgehead atoms. The van der Waals surface area contributed by atoms with Gasteiger partial charge in [-0.05, 0) is 30.3 Å². The van der Waals surface area contributed by atoms with Gasteiger partial charge in [0.05, 0.1) is 18.5 Å². The third kappa shape index (κ3) is 6.03. The minimum absolute atomic E-state index is 0.00572. The van der Waals surface area contributed by atoms with Crippen molar-refractivity contribution in [1.82, 2.24) is 19.5 Å². The van der Waals surface area contributed by atoms with Gasteiger partial charge in [-0.2, -0.15) is 4.98 Å². The summed E-state index contributed by atoms with van der Waals surface area (Å²) in [6, 6.07) is 8.66. The second kappa shape index (κ2) is 10.5. The van der Waals surface area contributed by atoms with Gasteiger partial charge in [-0.3, -0.25) is 29.3 Å². The first kappa shape index (κ1) is 27.2.